The SMILES string of the molecule is CC(Sc1ccc(Cl)cc1)C(=O)N(CC1CCCO1)C1CCSC1. The molecule has 2 heterocycles. The number of thioether (sulfide) groups is 2. The predicted octanol–water partition coefficient (Wildman–Crippen LogP) is 4.33. The Bertz CT molecular complexity index is 542. The number of benzene rings is 1. The molecule has 1 aromatic rings. The van der Waals surface area contributed by atoms with Crippen molar-refractivity contribution in [3.63, 3.8) is 0 Å². The number of rotatable bonds is 6. The molecular weight excluding hydrogens is 362 g/mol. The van der Waals surface area contributed by atoms with Crippen molar-refractivity contribution in [2.24, 2.45) is 0 Å². The summed E-state index contributed by atoms with van der Waals surface area (Å²) in [6.45, 7) is 3.59. The third kappa shape index (κ3) is 4.84. The zero-order chi connectivity index (χ0) is 16.9. The molecular formula is C18H24ClNO2S2. The van der Waals surface area contributed by atoms with Gasteiger partial charge in [-0.25, -0.2) is 0 Å². The molecule has 0 aromatic heterocycles. The molecule has 3 atom stereocenters. The zero-order valence-corrected chi connectivity index (χ0v) is 16.3. The molecule has 0 aliphatic carbocycles. The molecule has 2 aliphatic heterocycles. The number of hydrogen-bond donors (Lipinski definition) is 0. The second kappa shape index (κ2) is 8.84. The summed E-state index contributed by atoms with van der Waals surface area (Å²) in [5.41, 5.74) is 0. The van der Waals surface area contributed by atoms with E-state index in [2.05, 4.69) is 4.90 Å². The number of carbonyl (C=O) groups is 1. The first-order chi connectivity index (χ1) is 11.6. The number of hydrogen-bond acceptors (Lipinski definition) is 4. The fourth-order valence-electron chi connectivity index (χ4n) is 3.20. The Labute approximate surface area is 157 Å². The minimum atomic E-state index is -0.0989. The summed E-state index contributed by atoms with van der Waals surface area (Å²) in [7, 11) is 0. The zero-order valence-electron chi connectivity index (χ0n) is 13.9. The fraction of sp³-hybridized carbons (Fsp3) is 0.611. The lowest BCUT2D eigenvalue weighted by molar-refractivity contribution is -0.133. The van der Waals surface area contributed by atoms with Gasteiger partial charge in [0.25, 0.3) is 0 Å². The van der Waals surface area contributed by atoms with Gasteiger partial charge >= 0.3 is 0 Å². The van der Waals surface area contributed by atoms with Gasteiger partial charge in [0.2, 0.25) is 5.91 Å². The molecule has 0 N–H and O–H groups in total. The Morgan fingerprint density at radius 1 is 1.42 bits per heavy atom. The second-order valence-corrected chi connectivity index (χ2v) is 9.36. The van der Waals surface area contributed by atoms with E-state index >= 15 is 0 Å². The van der Waals surface area contributed by atoms with E-state index in [-0.39, 0.29) is 17.3 Å². The van der Waals surface area contributed by atoms with E-state index in [1.54, 1.807) is 11.8 Å². The molecule has 0 saturated carbocycles. The molecule has 3 unspecified atom stereocenters. The third-order valence-corrected chi connectivity index (χ3v) is 7.02. The lowest BCUT2D eigenvalue weighted by Crippen LogP contribution is -2.47. The molecule has 0 radical (unpaired) electrons. The van der Waals surface area contributed by atoms with E-state index in [0.29, 0.717) is 6.04 Å². The van der Waals surface area contributed by atoms with Crippen molar-refractivity contribution in [2.75, 3.05) is 24.7 Å². The van der Waals surface area contributed by atoms with Crippen molar-refractivity contribution in [1.29, 1.82) is 0 Å². The average molecular weight is 386 g/mol. The number of carbonyl (C=O) groups excluding carboxylic acids is 1. The number of ether oxygens (including phenoxy) is 1. The normalized spacial score (nSPS) is 24.9. The summed E-state index contributed by atoms with van der Waals surface area (Å²) in [5.74, 6) is 2.44. The van der Waals surface area contributed by atoms with Gasteiger partial charge in [0.1, 0.15) is 0 Å². The van der Waals surface area contributed by atoms with Crippen molar-refractivity contribution in [3.8, 4) is 0 Å². The summed E-state index contributed by atoms with van der Waals surface area (Å²) >= 11 is 9.50. The van der Waals surface area contributed by atoms with Gasteiger partial charge in [0, 0.05) is 34.9 Å². The first-order valence-electron chi connectivity index (χ1n) is 8.55. The summed E-state index contributed by atoms with van der Waals surface area (Å²) in [4.78, 5) is 16.3. The van der Waals surface area contributed by atoms with Gasteiger partial charge < -0.3 is 9.64 Å². The summed E-state index contributed by atoms with van der Waals surface area (Å²) in [6.07, 6.45) is 3.50. The minimum Gasteiger partial charge on any atom is -0.376 e. The fourth-order valence-corrected chi connectivity index (χ4v) is 5.48. The van der Waals surface area contributed by atoms with Gasteiger partial charge in [-0.05, 0) is 56.2 Å². The molecule has 0 bridgehead atoms. The van der Waals surface area contributed by atoms with Crippen LogP contribution < -0.4 is 0 Å². The van der Waals surface area contributed by atoms with Crippen molar-refractivity contribution in [2.45, 2.75) is 48.5 Å². The highest BCUT2D eigenvalue weighted by molar-refractivity contribution is 8.00. The van der Waals surface area contributed by atoms with Crippen LogP contribution in [-0.4, -0.2) is 52.9 Å². The van der Waals surface area contributed by atoms with E-state index in [0.717, 1.165) is 53.8 Å². The monoisotopic (exact) mass is 385 g/mol. The number of amides is 1. The van der Waals surface area contributed by atoms with Crippen molar-refractivity contribution >= 4 is 41.0 Å². The maximum Gasteiger partial charge on any atom is 0.236 e. The van der Waals surface area contributed by atoms with E-state index in [9.17, 15) is 4.79 Å². The molecule has 6 heteroatoms. The van der Waals surface area contributed by atoms with Crippen LogP contribution in [0.15, 0.2) is 29.2 Å². The van der Waals surface area contributed by atoms with E-state index < -0.39 is 0 Å². The van der Waals surface area contributed by atoms with E-state index in [4.69, 9.17) is 16.3 Å². The highest BCUT2D eigenvalue weighted by atomic mass is 35.5. The maximum absolute atomic E-state index is 13.1. The smallest absolute Gasteiger partial charge is 0.236 e. The van der Waals surface area contributed by atoms with Crippen LogP contribution in [-0.2, 0) is 9.53 Å². The Kier molecular flexibility index (Phi) is 6.79. The van der Waals surface area contributed by atoms with Crippen molar-refractivity contribution < 1.29 is 9.53 Å². The number of nitrogens with zero attached hydrogens (tertiary/aromatic N) is 1. The summed E-state index contributed by atoms with van der Waals surface area (Å²) < 4.78 is 5.78. The highest BCUT2D eigenvalue weighted by Crippen LogP contribution is 2.30. The van der Waals surface area contributed by atoms with Crippen LogP contribution in [0.4, 0.5) is 0 Å². The standard InChI is InChI=1S/C18H24ClNO2S2/c1-13(24-17-6-4-14(19)5-7-17)18(21)20(15-8-10-23-12-15)11-16-3-2-9-22-16/h4-7,13,15-16H,2-3,8-12H2,1H3. The molecule has 2 fully saturated rings. The molecule has 1 aromatic carbocycles. The van der Waals surface area contributed by atoms with Gasteiger partial charge in [0.05, 0.1) is 11.4 Å². The van der Waals surface area contributed by atoms with Crippen LogP contribution >= 0.6 is 35.1 Å². The van der Waals surface area contributed by atoms with Crippen molar-refractivity contribution in [1.82, 2.24) is 4.90 Å². The minimum absolute atomic E-state index is 0.0989. The largest absolute Gasteiger partial charge is 0.376 e. The molecule has 3 rings (SSSR count). The van der Waals surface area contributed by atoms with Gasteiger partial charge in [-0.1, -0.05) is 11.6 Å². The number of halogens is 1. The Morgan fingerprint density at radius 2 is 2.21 bits per heavy atom. The van der Waals surface area contributed by atoms with Crippen LogP contribution in [0.25, 0.3) is 0 Å². The first kappa shape index (κ1) is 18.4. The van der Waals surface area contributed by atoms with Crippen LogP contribution in [0.3, 0.4) is 0 Å². The van der Waals surface area contributed by atoms with Crippen LogP contribution in [0.1, 0.15) is 26.2 Å². The summed E-state index contributed by atoms with van der Waals surface area (Å²) in [5, 5.41) is 0.625. The molecule has 132 valence electrons. The molecule has 24 heavy (non-hydrogen) atoms. The maximum atomic E-state index is 13.1. The Balaban J connectivity index is 1.65. The Hall–Kier alpha value is -0.360. The van der Waals surface area contributed by atoms with E-state index in [1.807, 2.05) is 43.0 Å². The molecule has 2 aliphatic rings. The topological polar surface area (TPSA) is 29.5 Å². The highest BCUT2D eigenvalue weighted by Gasteiger charge is 2.33. The van der Waals surface area contributed by atoms with Gasteiger partial charge in [-0.3, -0.25) is 4.79 Å². The molecule has 0 spiro atoms. The molecule has 1 amide bonds. The van der Waals surface area contributed by atoms with E-state index in [1.165, 1.54) is 0 Å². The molecule has 3 nitrogen and oxygen atoms in total. The second-order valence-electron chi connectivity index (χ2n) is 6.36. The quantitative estimate of drug-likeness (QED) is 0.681. The first-order valence-corrected chi connectivity index (χ1v) is 11.0. The Morgan fingerprint density at radius 3 is 2.83 bits per heavy atom. The lowest BCUT2D eigenvalue weighted by atomic mass is 10.1. The lowest BCUT2D eigenvalue weighted by Gasteiger charge is -2.32. The van der Waals surface area contributed by atoms with Crippen LogP contribution in [0, 0.1) is 0 Å². The van der Waals surface area contributed by atoms with Gasteiger partial charge in [0.15, 0.2) is 0 Å². The predicted molar refractivity (Wildman–Crippen MR) is 103 cm³/mol. The van der Waals surface area contributed by atoms with Crippen LogP contribution in [0.5, 0.6) is 0 Å². The van der Waals surface area contributed by atoms with Gasteiger partial charge in [-0.15, -0.1) is 11.8 Å². The molecule has 2 saturated heterocycles. The third-order valence-electron chi connectivity index (χ3n) is 4.53. The van der Waals surface area contributed by atoms with Gasteiger partial charge in [-0.2, -0.15) is 11.8 Å². The average Bonchev–Trinajstić information content (AvgIpc) is 3.27. The summed E-state index contributed by atoms with van der Waals surface area (Å²) in [6, 6.07) is 8.07. The van der Waals surface area contributed by atoms with Crippen molar-refractivity contribution in [3.05, 3.63) is 29.3 Å². The van der Waals surface area contributed by atoms with Crippen LogP contribution in [0.2, 0.25) is 5.02 Å².